The molecule has 0 bridgehead atoms. The van der Waals surface area contributed by atoms with Crippen LogP contribution in [0.1, 0.15) is 29.5 Å². The summed E-state index contributed by atoms with van der Waals surface area (Å²) in [5.74, 6) is -1.71. The number of carbonyl (C=O) groups excluding carboxylic acids is 4. The van der Waals surface area contributed by atoms with Crippen molar-refractivity contribution in [2.75, 3.05) is 10.6 Å². The number of rotatable bonds is 6. The molecule has 2 aromatic carbocycles. The number of piperidine rings is 1. The highest BCUT2D eigenvalue weighted by Crippen LogP contribution is 2.33. The Morgan fingerprint density at radius 2 is 1.89 bits per heavy atom. The highest BCUT2D eigenvalue weighted by molar-refractivity contribution is 6.19. The van der Waals surface area contributed by atoms with Gasteiger partial charge >= 0.3 is 12.2 Å². The first-order valence-electron chi connectivity index (χ1n) is 11.6. The van der Waals surface area contributed by atoms with Crippen molar-refractivity contribution in [2.24, 2.45) is 0 Å². The maximum Gasteiger partial charge on any atom is 0.416 e. The summed E-state index contributed by atoms with van der Waals surface area (Å²) in [6, 6.07) is 8.51. The summed E-state index contributed by atoms with van der Waals surface area (Å²) in [4.78, 5) is 50.8. The quantitative estimate of drug-likeness (QED) is 0.426. The van der Waals surface area contributed by atoms with Crippen molar-refractivity contribution in [1.82, 2.24) is 15.5 Å². The maximum absolute atomic E-state index is 13.1. The maximum atomic E-state index is 13.1. The third-order valence-corrected chi connectivity index (χ3v) is 6.05. The summed E-state index contributed by atoms with van der Waals surface area (Å²) >= 11 is 0. The van der Waals surface area contributed by atoms with Crippen LogP contribution in [0.4, 0.5) is 29.3 Å². The lowest BCUT2D eigenvalue weighted by Crippen LogP contribution is -2.52. The number of aryl methyl sites for hydroxylation is 1. The van der Waals surface area contributed by atoms with Crippen LogP contribution in [0.3, 0.4) is 0 Å². The molecular weight excluding hydrogens is 503 g/mol. The van der Waals surface area contributed by atoms with E-state index in [4.69, 9.17) is 0 Å². The van der Waals surface area contributed by atoms with E-state index in [0.717, 1.165) is 17.0 Å². The first kappa shape index (κ1) is 26.5. The zero-order chi connectivity index (χ0) is 27.6. The average molecular weight is 528 g/mol. The van der Waals surface area contributed by atoms with E-state index in [2.05, 4.69) is 27.8 Å². The fraction of sp³-hybridized carbons (Fsp3) is 0.231. The Hall–Kier alpha value is -4.61. The van der Waals surface area contributed by atoms with Crippen LogP contribution in [0.2, 0.25) is 0 Å². The van der Waals surface area contributed by atoms with Gasteiger partial charge in [0.1, 0.15) is 11.7 Å². The number of alkyl halides is 3. The van der Waals surface area contributed by atoms with Gasteiger partial charge in [-0.05, 0) is 55.2 Å². The SMILES string of the molecule is C=C1CCC(N2C(=O)C=C(Nc3cccc(CNC(=O)Nc4ccc(C)c(C(F)(F)F)c4)c3)C2=O)C(=O)N1. The molecule has 5 amide bonds. The number of anilines is 2. The lowest BCUT2D eigenvalue weighted by molar-refractivity contribution is -0.146. The molecule has 0 saturated carbocycles. The van der Waals surface area contributed by atoms with Gasteiger partial charge in [0.25, 0.3) is 11.8 Å². The van der Waals surface area contributed by atoms with Gasteiger partial charge in [0.15, 0.2) is 0 Å². The summed E-state index contributed by atoms with van der Waals surface area (Å²) in [6.07, 6.45) is -2.69. The first-order valence-corrected chi connectivity index (χ1v) is 11.6. The Kier molecular flexibility index (Phi) is 7.24. The van der Waals surface area contributed by atoms with Crippen molar-refractivity contribution in [2.45, 2.75) is 38.5 Å². The molecule has 1 saturated heterocycles. The summed E-state index contributed by atoms with van der Waals surface area (Å²) in [5.41, 5.74) is 0.791. The molecule has 0 spiro atoms. The van der Waals surface area contributed by atoms with Crippen molar-refractivity contribution >= 4 is 35.1 Å². The van der Waals surface area contributed by atoms with E-state index < -0.39 is 41.5 Å². The zero-order valence-electron chi connectivity index (χ0n) is 20.2. The first-order chi connectivity index (χ1) is 17.9. The number of halogens is 3. The minimum absolute atomic E-state index is 0.00473. The highest BCUT2D eigenvalue weighted by atomic mass is 19.4. The average Bonchev–Trinajstić information content (AvgIpc) is 3.11. The fourth-order valence-corrected chi connectivity index (χ4v) is 4.16. The molecule has 4 N–H and O–H groups in total. The van der Waals surface area contributed by atoms with E-state index in [9.17, 15) is 32.3 Å². The van der Waals surface area contributed by atoms with E-state index in [1.165, 1.54) is 19.1 Å². The third kappa shape index (κ3) is 5.85. The molecule has 0 radical (unpaired) electrons. The van der Waals surface area contributed by atoms with Crippen LogP contribution >= 0.6 is 0 Å². The van der Waals surface area contributed by atoms with Crippen molar-refractivity contribution < 1.29 is 32.3 Å². The van der Waals surface area contributed by atoms with E-state index in [1.807, 2.05) is 0 Å². The monoisotopic (exact) mass is 527 g/mol. The molecular formula is C26H24F3N5O4. The summed E-state index contributed by atoms with van der Waals surface area (Å²) in [7, 11) is 0. The van der Waals surface area contributed by atoms with Gasteiger partial charge in [-0.15, -0.1) is 0 Å². The molecule has 2 aliphatic rings. The van der Waals surface area contributed by atoms with E-state index in [1.54, 1.807) is 24.3 Å². The molecule has 198 valence electrons. The summed E-state index contributed by atoms with van der Waals surface area (Å²) in [5, 5.41) is 10.4. The van der Waals surface area contributed by atoms with Crippen LogP contribution in [0.15, 0.2) is 66.5 Å². The molecule has 0 aliphatic carbocycles. The van der Waals surface area contributed by atoms with E-state index in [-0.39, 0.29) is 29.9 Å². The van der Waals surface area contributed by atoms with Crippen LogP contribution in [0.5, 0.6) is 0 Å². The number of urea groups is 1. The van der Waals surface area contributed by atoms with Crippen molar-refractivity contribution in [1.29, 1.82) is 0 Å². The Labute approximate surface area is 215 Å². The minimum atomic E-state index is -4.54. The number of hydrogen-bond acceptors (Lipinski definition) is 5. The Morgan fingerprint density at radius 1 is 1.13 bits per heavy atom. The number of nitrogens with one attached hydrogen (secondary N) is 4. The van der Waals surface area contributed by atoms with Crippen LogP contribution in [-0.4, -0.2) is 34.7 Å². The zero-order valence-corrected chi connectivity index (χ0v) is 20.2. The van der Waals surface area contributed by atoms with Gasteiger partial charge in [0.2, 0.25) is 5.91 Å². The Balaban J connectivity index is 1.36. The van der Waals surface area contributed by atoms with Gasteiger partial charge in [-0.1, -0.05) is 24.8 Å². The van der Waals surface area contributed by atoms with Gasteiger partial charge in [-0.3, -0.25) is 19.3 Å². The highest BCUT2D eigenvalue weighted by Gasteiger charge is 2.41. The Morgan fingerprint density at radius 3 is 2.61 bits per heavy atom. The van der Waals surface area contributed by atoms with Gasteiger partial charge in [-0.2, -0.15) is 13.2 Å². The van der Waals surface area contributed by atoms with Crippen LogP contribution < -0.4 is 21.3 Å². The predicted molar refractivity (Wildman–Crippen MR) is 132 cm³/mol. The third-order valence-electron chi connectivity index (χ3n) is 6.05. The molecule has 38 heavy (non-hydrogen) atoms. The van der Waals surface area contributed by atoms with E-state index in [0.29, 0.717) is 23.4 Å². The minimum Gasteiger partial charge on any atom is -0.351 e. The molecule has 2 aliphatic heterocycles. The molecule has 4 rings (SSSR count). The lowest BCUT2D eigenvalue weighted by Gasteiger charge is -2.29. The van der Waals surface area contributed by atoms with Gasteiger partial charge in [-0.25, -0.2) is 4.79 Å². The van der Waals surface area contributed by atoms with Crippen LogP contribution in [0.25, 0.3) is 0 Å². The van der Waals surface area contributed by atoms with Gasteiger partial charge in [0, 0.05) is 29.7 Å². The van der Waals surface area contributed by atoms with Crippen LogP contribution in [0, 0.1) is 6.92 Å². The lowest BCUT2D eigenvalue weighted by atomic mass is 10.0. The second kappa shape index (κ2) is 10.4. The predicted octanol–water partition coefficient (Wildman–Crippen LogP) is 3.79. The van der Waals surface area contributed by atoms with Crippen molar-refractivity contribution in [3.8, 4) is 0 Å². The molecule has 1 atom stereocenters. The number of nitrogens with zero attached hydrogens (tertiary/aromatic N) is 1. The second-order valence-electron chi connectivity index (χ2n) is 8.88. The molecule has 2 aromatic rings. The van der Waals surface area contributed by atoms with Gasteiger partial charge < -0.3 is 21.3 Å². The van der Waals surface area contributed by atoms with E-state index >= 15 is 0 Å². The summed E-state index contributed by atoms with van der Waals surface area (Å²) < 4.78 is 39.3. The smallest absolute Gasteiger partial charge is 0.351 e. The molecule has 1 fully saturated rings. The summed E-state index contributed by atoms with van der Waals surface area (Å²) in [6.45, 7) is 5.05. The normalized spacial score (nSPS) is 17.7. The number of allylic oxidation sites excluding steroid dienone is 1. The number of amides is 5. The second-order valence-corrected chi connectivity index (χ2v) is 8.88. The molecule has 9 nitrogen and oxygen atoms in total. The fourth-order valence-electron chi connectivity index (χ4n) is 4.16. The number of benzene rings is 2. The molecule has 0 aromatic heterocycles. The topological polar surface area (TPSA) is 120 Å². The van der Waals surface area contributed by atoms with Crippen LogP contribution in [-0.2, 0) is 27.1 Å². The number of imide groups is 1. The van der Waals surface area contributed by atoms with Crippen molar-refractivity contribution in [3.63, 3.8) is 0 Å². The van der Waals surface area contributed by atoms with Crippen molar-refractivity contribution in [3.05, 3.63) is 83.2 Å². The number of hydrogen-bond donors (Lipinski definition) is 4. The van der Waals surface area contributed by atoms with Gasteiger partial charge in [0.05, 0.1) is 5.56 Å². The molecule has 2 heterocycles. The molecule has 1 unspecified atom stereocenters. The number of carbonyl (C=O) groups is 4. The standard InChI is InChI=1S/C26H24F3N5O4/c1-14-6-8-18(11-19(14)26(27,28)29)33-25(38)30-13-16-4-3-5-17(10-16)32-20-12-22(35)34(24(20)37)21-9-7-15(2)31-23(21)36/h3-6,8,10-12,21,32H,2,7,9,13H2,1H3,(H,31,36)(H2,30,33,38). The largest absolute Gasteiger partial charge is 0.416 e. The molecule has 12 heteroatoms. The Bertz CT molecular complexity index is 1370.